The summed E-state index contributed by atoms with van der Waals surface area (Å²) in [6.45, 7) is 1.29. The fraction of sp³-hybridized carbons (Fsp3) is 0.333. The molecule has 1 amide bonds. The Balaban J connectivity index is 1.88. The summed E-state index contributed by atoms with van der Waals surface area (Å²) in [4.78, 5) is 16.1. The van der Waals surface area contributed by atoms with Gasteiger partial charge in [0.2, 0.25) is 5.91 Å². The summed E-state index contributed by atoms with van der Waals surface area (Å²) in [6, 6.07) is 7.96. The lowest BCUT2D eigenvalue weighted by molar-refractivity contribution is -0.118. The first-order valence-electron chi connectivity index (χ1n) is 6.88. The van der Waals surface area contributed by atoms with Crippen molar-refractivity contribution < 1.29 is 9.53 Å². The van der Waals surface area contributed by atoms with Gasteiger partial charge in [-0.1, -0.05) is 27.7 Å². The van der Waals surface area contributed by atoms with Crippen molar-refractivity contribution in [2.24, 2.45) is 0 Å². The Morgan fingerprint density at radius 2 is 2.18 bits per heavy atom. The number of amides is 1. The molecule has 22 heavy (non-hydrogen) atoms. The van der Waals surface area contributed by atoms with E-state index in [2.05, 4.69) is 26.2 Å². The van der Waals surface area contributed by atoms with Gasteiger partial charge in [-0.15, -0.1) is 0 Å². The quantitative estimate of drug-likeness (QED) is 0.562. The average Bonchev–Trinajstić information content (AvgIpc) is 2.99. The number of hydrogen-bond donors (Lipinski definition) is 1. The van der Waals surface area contributed by atoms with Crippen LogP contribution in [0.2, 0.25) is 0 Å². The molecule has 0 aliphatic carbocycles. The van der Waals surface area contributed by atoms with Gasteiger partial charge < -0.3 is 10.1 Å². The third-order valence-electron chi connectivity index (χ3n) is 2.89. The first-order valence-corrected chi connectivity index (χ1v) is 8.66. The minimum absolute atomic E-state index is 0.00598. The maximum Gasteiger partial charge on any atom is 0.230 e. The Morgan fingerprint density at radius 1 is 1.41 bits per heavy atom. The average molecular weight is 384 g/mol. The minimum atomic E-state index is 0.00598. The lowest BCUT2D eigenvalue weighted by atomic mass is 10.3. The van der Waals surface area contributed by atoms with Crippen LogP contribution in [-0.2, 0) is 9.53 Å². The number of ether oxygens (including phenoxy) is 1. The Morgan fingerprint density at radius 3 is 2.91 bits per heavy atom. The van der Waals surface area contributed by atoms with Gasteiger partial charge in [0.15, 0.2) is 5.16 Å². The zero-order valence-electron chi connectivity index (χ0n) is 12.3. The molecule has 1 aromatic heterocycles. The summed E-state index contributed by atoms with van der Waals surface area (Å²) in [7, 11) is 1.65. The first kappa shape index (κ1) is 17.1. The van der Waals surface area contributed by atoms with Crippen LogP contribution in [0, 0.1) is 0 Å². The van der Waals surface area contributed by atoms with E-state index in [4.69, 9.17) is 4.74 Å². The van der Waals surface area contributed by atoms with Crippen LogP contribution in [-0.4, -0.2) is 41.5 Å². The maximum atomic E-state index is 11.8. The number of carbonyl (C=O) groups is 1. The molecule has 0 radical (unpaired) electrons. The normalized spacial score (nSPS) is 10.6. The molecule has 0 fully saturated rings. The lowest BCUT2D eigenvalue weighted by Gasteiger charge is -2.08. The van der Waals surface area contributed by atoms with E-state index in [0.717, 1.165) is 21.7 Å². The number of methoxy groups -OCH3 is 1. The molecule has 0 atom stereocenters. The highest BCUT2D eigenvalue weighted by Gasteiger charge is 2.08. The van der Waals surface area contributed by atoms with Crippen LogP contribution in [0.15, 0.2) is 46.3 Å². The Hall–Kier alpha value is -1.31. The monoisotopic (exact) mass is 383 g/mol. The molecule has 1 aromatic carbocycles. The summed E-state index contributed by atoms with van der Waals surface area (Å²) in [5.41, 5.74) is 1.02. The van der Waals surface area contributed by atoms with Crippen LogP contribution >= 0.6 is 27.7 Å². The first-order chi connectivity index (χ1) is 10.7. The number of nitrogens with one attached hydrogen (secondary N) is 1. The summed E-state index contributed by atoms with van der Waals surface area (Å²) in [5, 5.41) is 3.66. The van der Waals surface area contributed by atoms with E-state index in [-0.39, 0.29) is 5.91 Å². The highest BCUT2D eigenvalue weighted by atomic mass is 79.9. The van der Waals surface area contributed by atoms with Gasteiger partial charge in [0.05, 0.1) is 5.75 Å². The summed E-state index contributed by atoms with van der Waals surface area (Å²) >= 11 is 4.84. The van der Waals surface area contributed by atoms with Gasteiger partial charge in [-0.3, -0.25) is 9.36 Å². The second-order valence-electron chi connectivity index (χ2n) is 4.54. The number of imidazole rings is 1. The third-order valence-corrected chi connectivity index (χ3v) is 4.39. The van der Waals surface area contributed by atoms with E-state index in [9.17, 15) is 4.79 Å². The van der Waals surface area contributed by atoms with Crippen LogP contribution in [0.5, 0.6) is 0 Å². The molecule has 0 spiro atoms. The fourth-order valence-electron chi connectivity index (χ4n) is 1.82. The van der Waals surface area contributed by atoms with E-state index < -0.39 is 0 Å². The zero-order valence-corrected chi connectivity index (χ0v) is 14.7. The van der Waals surface area contributed by atoms with Gasteiger partial charge in [0, 0.05) is 42.8 Å². The molecule has 0 unspecified atom stereocenters. The molecule has 1 N–H and O–H groups in total. The van der Waals surface area contributed by atoms with Gasteiger partial charge >= 0.3 is 0 Å². The van der Waals surface area contributed by atoms with Crippen LogP contribution in [0.25, 0.3) is 5.69 Å². The topological polar surface area (TPSA) is 56.1 Å². The number of nitrogens with zero attached hydrogens (tertiary/aromatic N) is 2. The molecule has 0 bridgehead atoms. The van der Waals surface area contributed by atoms with Gasteiger partial charge in [0.1, 0.15) is 0 Å². The molecule has 7 heteroatoms. The molecule has 2 rings (SSSR count). The number of carbonyl (C=O) groups excluding carboxylic acids is 1. The van der Waals surface area contributed by atoms with Crippen LogP contribution < -0.4 is 5.32 Å². The smallest absolute Gasteiger partial charge is 0.230 e. The highest BCUT2D eigenvalue weighted by Crippen LogP contribution is 2.21. The van der Waals surface area contributed by atoms with Crippen molar-refractivity contribution in [2.45, 2.75) is 11.6 Å². The molecular weight excluding hydrogens is 366 g/mol. The standard InChI is InChI=1S/C15H18BrN3O2S/c1-21-10-2-7-17-14(20)11-22-15-18-8-9-19(15)13-5-3-12(16)4-6-13/h3-6,8-9H,2,7,10-11H2,1H3,(H,17,20). The zero-order chi connectivity index (χ0) is 15.8. The summed E-state index contributed by atoms with van der Waals surface area (Å²) < 4.78 is 7.94. The van der Waals surface area contributed by atoms with Crippen LogP contribution in [0.3, 0.4) is 0 Å². The lowest BCUT2D eigenvalue weighted by Crippen LogP contribution is -2.26. The Labute approximate surface area is 142 Å². The molecular formula is C15H18BrN3O2S. The van der Waals surface area contributed by atoms with Crippen molar-refractivity contribution in [3.63, 3.8) is 0 Å². The largest absolute Gasteiger partial charge is 0.385 e. The fourth-order valence-corrected chi connectivity index (χ4v) is 2.89. The number of benzene rings is 1. The number of halogens is 1. The summed E-state index contributed by atoms with van der Waals surface area (Å²) in [6.07, 6.45) is 4.45. The predicted octanol–water partition coefficient (Wildman–Crippen LogP) is 2.88. The second kappa shape index (κ2) is 8.97. The van der Waals surface area contributed by atoms with E-state index in [1.165, 1.54) is 11.8 Å². The van der Waals surface area contributed by atoms with Gasteiger partial charge in [0.25, 0.3) is 0 Å². The maximum absolute atomic E-state index is 11.8. The SMILES string of the molecule is COCCCNC(=O)CSc1nccn1-c1ccc(Br)cc1. The van der Waals surface area contributed by atoms with Gasteiger partial charge in [-0.05, 0) is 30.7 Å². The predicted molar refractivity (Wildman–Crippen MR) is 91.5 cm³/mol. The van der Waals surface area contributed by atoms with Crippen molar-refractivity contribution in [2.75, 3.05) is 26.0 Å². The van der Waals surface area contributed by atoms with Crippen molar-refractivity contribution in [1.82, 2.24) is 14.9 Å². The van der Waals surface area contributed by atoms with Crippen molar-refractivity contribution >= 4 is 33.6 Å². The van der Waals surface area contributed by atoms with Crippen molar-refractivity contribution in [3.05, 3.63) is 41.1 Å². The van der Waals surface area contributed by atoms with E-state index in [0.29, 0.717) is 18.9 Å². The van der Waals surface area contributed by atoms with E-state index in [1.807, 2.05) is 35.0 Å². The van der Waals surface area contributed by atoms with Gasteiger partial charge in [-0.2, -0.15) is 0 Å². The molecule has 0 aliphatic rings. The summed E-state index contributed by atoms with van der Waals surface area (Å²) in [5.74, 6) is 0.354. The number of hydrogen-bond acceptors (Lipinski definition) is 4. The number of rotatable bonds is 8. The molecule has 1 heterocycles. The van der Waals surface area contributed by atoms with Crippen LogP contribution in [0.4, 0.5) is 0 Å². The van der Waals surface area contributed by atoms with Crippen molar-refractivity contribution in [3.8, 4) is 5.69 Å². The van der Waals surface area contributed by atoms with Crippen molar-refractivity contribution in [1.29, 1.82) is 0 Å². The van der Waals surface area contributed by atoms with Crippen LogP contribution in [0.1, 0.15) is 6.42 Å². The third kappa shape index (κ3) is 5.15. The molecule has 5 nitrogen and oxygen atoms in total. The Kier molecular flexibility index (Phi) is 6.95. The minimum Gasteiger partial charge on any atom is -0.385 e. The van der Waals surface area contributed by atoms with E-state index >= 15 is 0 Å². The molecule has 118 valence electrons. The molecule has 2 aromatic rings. The number of thioether (sulfide) groups is 1. The molecule has 0 aliphatic heterocycles. The highest BCUT2D eigenvalue weighted by molar-refractivity contribution is 9.10. The molecule has 0 saturated carbocycles. The number of aromatic nitrogens is 2. The second-order valence-corrected chi connectivity index (χ2v) is 6.40. The molecule has 0 saturated heterocycles. The van der Waals surface area contributed by atoms with Gasteiger partial charge in [-0.25, -0.2) is 4.98 Å². The Bertz CT molecular complexity index is 601. The van der Waals surface area contributed by atoms with E-state index in [1.54, 1.807) is 13.3 Å².